The molecule has 2 aromatic heterocycles. The zero-order chi connectivity index (χ0) is 18.1. The van der Waals surface area contributed by atoms with Crippen molar-refractivity contribution in [3.63, 3.8) is 0 Å². The lowest BCUT2D eigenvalue weighted by molar-refractivity contribution is -0.131. The summed E-state index contributed by atoms with van der Waals surface area (Å²) < 4.78 is 9.56. The Morgan fingerprint density at radius 1 is 1.32 bits per heavy atom. The molecule has 0 radical (unpaired) electrons. The van der Waals surface area contributed by atoms with Gasteiger partial charge in [0.15, 0.2) is 0 Å². The van der Waals surface area contributed by atoms with E-state index >= 15 is 0 Å². The van der Waals surface area contributed by atoms with Crippen molar-refractivity contribution in [3.05, 3.63) is 47.8 Å². The molecule has 3 rings (SSSR count). The summed E-state index contributed by atoms with van der Waals surface area (Å²) in [5, 5.41) is 14.5. The first-order valence-electron chi connectivity index (χ1n) is 8.09. The predicted molar refractivity (Wildman–Crippen MR) is 97.2 cm³/mol. The summed E-state index contributed by atoms with van der Waals surface area (Å²) in [5.74, 6) is 0.620. The van der Waals surface area contributed by atoms with E-state index in [4.69, 9.17) is 9.84 Å². The fourth-order valence-electron chi connectivity index (χ4n) is 2.94. The minimum absolute atomic E-state index is 0.0915. The Hall–Kier alpha value is -3.02. The van der Waals surface area contributed by atoms with Crippen LogP contribution in [0.2, 0.25) is 0 Å². The maximum Gasteiger partial charge on any atom is 0.328 e. The van der Waals surface area contributed by atoms with Gasteiger partial charge in [0.05, 0.1) is 17.3 Å². The number of benzene rings is 1. The lowest BCUT2D eigenvalue weighted by Crippen LogP contribution is -2.06. The molecule has 3 aromatic rings. The van der Waals surface area contributed by atoms with Gasteiger partial charge in [-0.3, -0.25) is 4.68 Å². The molecule has 0 spiro atoms. The maximum absolute atomic E-state index is 10.9. The van der Waals surface area contributed by atoms with Crippen LogP contribution in [0.5, 0.6) is 5.75 Å². The Morgan fingerprint density at radius 3 is 2.76 bits per heavy atom. The predicted octanol–water partition coefficient (Wildman–Crippen LogP) is 3.56. The van der Waals surface area contributed by atoms with Gasteiger partial charge in [-0.2, -0.15) is 5.10 Å². The standard InChI is InChI=1S/C19H21N3O3/c1-12(2)25-15-6-5-14-9-10-22(17(14)11-15)19-16(7-8-18(23)24)13(3)20-21(19)4/h5-12H,1-4H3,(H,23,24)/b8-7+. The van der Waals surface area contributed by atoms with Gasteiger partial charge in [-0.25, -0.2) is 4.79 Å². The van der Waals surface area contributed by atoms with Crippen LogP contribution < -0.4 is 4.74 Å². The zero-order valence-electron chi connectivity index (χ0n) is 14.7. The van der Waals surface area contributed by atoms with Crippen LogP contribution in [0.25, 0.3) is 22.8 Å². The number of aliphatic carboxylic acids is 1. The smallest absolute Gasteiger partial charge is 0.328 e. The highest BCUT2D eigenvalue weighted by Crippen LogP contribution is 2.28. The van der Waals surface area contributed by atoms with Crippen LogP contribution in [0.3, 0.4) is 0 Å². The number of hydrogen-bond acceptors (Lipinski definition) is 3. The van der Waals surface area contributed by atoms with E-state index in [2.05, 4.69) is 5.10 Å². The van der Waals surface area contributed by atoms with E-state index in [0.29, 0.717) is 0 Å². The average Bonchev–Trinajstić information content (AvgIpc) is 3.04. The monoisotopic (exact) mass is 339 g/mol. The molecule has 6 heteroatoms. The van der Waals surface area contributed by atoms with Crippen LogP contribution in [0.15, 0.2) is 36.5 Å². The molecule has 2 heterocycles. The molecule has 1 N–H and O–H groups in total. The Kier molecular flexibility index (Phi) is 4.35. The van der Waals surface area contributed by atoms with Crippen molar-refractivity contribution in [2.45, 2.75) is 26.9 Å². The molecule has 0 aliphatic carbocycles. The minimum Gasteiger partial charge on any atom is -0.491 e. The number of fused-ring (bicyclic) bond motifs is 1. The summed E-state index contributed by atoms with van der Waals surface area (Å²) in [6.45, 7) is 5.84. The van der Waals surface area contributed by atoms with Gasteiger partial charge in [-0.05, 0) is 45.0 Å². The molecule has 0 aliphatic rings. The molecule has 25 heavy (non-hydrogen) atoms. The topological polar surface area (TPSA) is 69.3 Å². The van der Waals surface area contributed by atoms with E-state index in [-0.39, 0.29) is 6.10 Å². The first kappa shape index (κ1) is 16.8. The molecule has 0 unspecified atom stereocenters. The molecule has 0 atom stereocenters. The Balaban J connectivity index is 2.18. The van der Waals surface area contributed by atoms with Crippen molar-refractivity contribution >= 4 is 22.9 Å². The molecule has 0 saturated heterocycles. The molecule has 0 amide bonds. The number of aromatic nitrogens is 3. The average molecular weight is 339 g/mol. The molecule has 6 nitrogen and oxygen atoms in total. The van der Waals surface area contributed by atoms with Gasteiger partial charge < -0.3 is 14.4 Å². The Bertz CT molecular complexity index is 964. The zero-order valence-corrected chi connectivity index (χ0v) is 14.7. The number of hydrogen-bond donors (Lipinski definition) is 1. The Labute approximate surface area is 145 Å². The van der Waals surface area contributed by atoms with Gasteiger partial charge >= 0.3 is 5.97 Å². The van der Waals surface area contributed by atoms with E-state index in [9.17, 15) is 4.79 Å². The van der Waals surface area contributed by atoms with Crippen LogP contribution in [-0.4, -0.2) is 31.5 Å². The third-order valence-corrected chi connectivity index (χ3v) is 3.89. The normalized spacial score (nSPS) is 11.7. The summed E-state index contributed by atoms with van der Waals surface area (Å²) in [5.41, 5.74) is 2.52. The van der Waals surface area contributed by atoms with E-state index in [1.807, 2.05) is 62.8 Å². The molecule has 0 fully saturated rings. The van der Waals surface area contributed by atoms with Gasteiger partial charge in [0.2, 0.25) is 0 Å². The van der Waals surface area contributed by atoms with E-state index in [0.717, 1.165) is 39.8 Å². The first-order valence-corrected chi connectivity index (χ1v) is 8.09. The highest BCUT2D eigenvalue weighted by molar-refractivity contribution is 5.87. The van der Waals surface area contributed by atoms with E-state index in [1.54, 1.807) is 10.8 Å². The number of rotatable bonds is 5. The SMILES string of the molecule is Cc1nn(C)c(-n2ccc3ccc(OC(C)C)cc32)c1/C=C/C(=O)O. The van der Waals surface area contributed by atoms with Gasteiger partial charge in [-0.15, -0.1) is 0 Å². The summed E-state index contributed by atoms with van der Waals surface area (Å²) in [4.78, 5) is 10.9. The third-order valence-electron chi connectivity index (χ3n) is 3.89. The van der Waals surface area contributed by atoms with Crippen LogP contribution in [0, 0.1) is 6.92 Å². The fourth-order valence-corrected chi connectivity index (χ4v) is 2.94. The number of carboxylic acid groups (broad SMARTS) is 1. The number of carboxylic acids is 1. The molecular formula is C19H21N3O3. The van der Waals surface area contributed by atoms with Crippen LogP contribution >= 0.6 is 0 Å². The van der Waals surface area contributed by atoms with Gasteiger partial charge in [0.1, 0.15) is 11.6 Å². The summed E-state index contributed by atoms with van der Waals surface area (Å²) in [6.07, 6.45) is 4.76. The third kappa shape index (κ3) is 3.28. The second-order valence-corrected chi connectivity index (χ2v) is 6.19. The second kappa shape index (κ2) is 6.47. The van der Waals surface area contributed by atoms with E-state index < -0.39 is 5.97 Å². The number of ether oxygens (including phenoxy) is 1. The van der Waals surface area contributed by atoms with Crippen molar-refractivity contribution in [1.82, 2.24) is 14.3 Å². The molecule has 0 aliphatic heterocycles. The molecule has 130 valence electrons. The highest BCUT2D eigenvalue weighted by atomic mass is 16.5. The summed E-state index contributed by atoms with van der Waals surface area (Å²) in [6, 6.07) is 7.97. The summed E-state index contributed by atoms with van der Waals surface area (Å²) >= 11 is 0. The highest BCUT2D eigenvalue weighted by Gasteiger charge is 2.15. The van der Waals surface area contributed by atoms with Crippen molar-refractivity contribution in [2.24, 2.45) is 7.05 Å². The lowest BCUT2D eigenvalue weighted by Gasteiger charge is -2.12. The van der Waals surface area contributed by atoms with E-state index in [1.165, 1.54) is 0 Å². The van der Waals surface area contributed by atoms with Crippen LogP contribution in [-0.2, 0) is 11.8 Å². The number of aryl methyl sites for hydroxylation is 2. The largest absolute Gasteiger partial charge is 0.491 e. The molecule has 0 saturated carbocycles. The Morgan fingerprint density at radius 2 is 2.08 bits per heavy atom. The fraction of sp³-hybridized carbons (Fsp3) is 0.263. The lowest BCUT2D eigenvalue weighted by atomic mass is 10.2. The van der Waals surface area contributed by atoms with Crippen molar-refractivity contribution in [1.29, 1.82) is 0 Å². The molecular weight excluding hydrogens is 318 g/mol. The van der Waals surface area contributed by atoms with Crippen molar-refractivity contribution in [2.75, 3.05) is 0 Å². The van der Waals surface area contributed by atoms with Gasteiger partial charge in [0.25, 0.3) is 0 Å². The van der Waals surface area contributed by atoms with Crippen LogP contribution in [0.1, 0.15) is 25.1 Å². The number of nitrogens with zero attached hydrogens (tertiary/aromatic N) is 3. The minimum atomic E-state index is -0.987. The van der Waals surface area contributed by atoms with Crippen molar-refractivity contribution < 1.29 is 14.6 Å². The van der Waals surface area contributed by atoms with Crippen LogP contribution in [0.4, 0.5) is 0 Å². The second-order valence-electron chi connectivity index (χ2n) is 6.19. The number of carbonyl (C=O) groups is 1. The van der Waals surface area contributed by atoms with Gasteiger partial charge in [-0.1, -0.05) is 0 Å². The van der Waals surface area contributed by atoms with Gasteiger partial charge in [0, 0.05) is 36.3 Å². The maximum atomic E-state index is 10.9. The summed E-state index contributed by atoms with van der Waals surface area (Å²) in [7, 11) is 1.85. The molecule has 1 aromatic carbocycles. The molecule has 0 bridgehead atoms. The van der Waals surface area contributed by atoms with Crippen molar-refractivity contribution in [3.8, 4) is 11.6 Å². The first-order chi connectivity index (χ1) is 11.9. The quantitative estimate of drug-likeness (QED) is 0.722.